The molecule has 1 aliphatic heterocycles. The maximum Gasteiger partial charge on any atom is 0.0534 e. The van der Waals surface area contributed by atoms with Crippen LogP contribution < -0.4 is 10.2 Å². The number of benzene rings is 8. The molecular formula is C50H34N2S. The van der Waals surface area contributed by atoms with Crippen LogP contribution in [0.2, 0.25) is 0 Å². The maximum atomic E-state index is 4.62. The van der Waals surface area contributed by atoms with Crippen LogP contribution in [0.5, 0.6) is 0 Å². The van der Waals surface area contributed by atoms with Gasteiger partial charge in [0.1, 0.15) is 0 Å². The Balaban J connectivity index is 1.14. The van der Waals surface area contributed by atoms with Crippen molar-refractivity contribution in [1.82, 2.24) is 0 Å². The Hall–Kier alpha value is -6.68. The highest BCUT2D eigenvalue weighted by atomic mass is 32.1. The van der Waals surface area contributed by atoms with Gasteiger partial charge in [0.05, 0.1) is 11.4 Å². The first-order valence-electron chi connectivity index (χ1n) is 17.9. The molecule has 0 amide bonds. The first-order valence-corrected chi connectivity index (χ1v) is 18.8. The average molecular weight is 695 g/mol. The van der Waals surface area contributed by atoms with Crippen LogP contribution in [0.25, 0.3) is 64.0 Å². The molecule has 2 heterocycles. The molecule has 2 nitrogen and oxygen atoms in total. The highest BCUT2D eigenvalue weighted by molar-refractivity contribution is 7.25. The van der Waals surface area contributed by atoms with E-state index in [4.69, 9.17) is 0 Å². The van der Waals surface area contributed by atoms with Gasteiger partial charge in [0.15, 0.2) is 0 Å². The van der Waals surface area contributed by atoms with E-state index < -0.39 is 0 Å². The predicted molar refractivity (Wildman–Crippen MR) is 231 cm³/mol. The Morgan fingerprint density at radius 1 is 0.472 bits per heavy atom. The summed E-state index contributed by atoms with van der Waals surface area (Å²) in [6.07, 6.45) is 6.67. The molecule has 8 aromatic carbocycles. The molecule has 0 fully saturated rings. The minimum atomic E-state index is 0.968. The van der Waals surface area contributed by atoms with Crippen molar-refractivity contribution in [2.24, 2.45) is 0 Å². The molecule has 0 saturated heterocycles. The summed E-state index contributed by atoms with van der Waals surface area (Å²) in [4.78, 5) is 2.31. The summed E-state index contributed by atoms with van der Waals surface area (Å²) in [5.74, 6) is 0. The van der Waals surface area contributed by atoms with Gasteiger partial charge in [-0.2, -0.15) is 0 Å². The summed E-state index contributed by atoms with van der Waals surface area (Å²) in [5, 5.41) is 11.2. The third kappa shape index (κ3) is 5.50. The fourth-order valence-electron chi connectivity index (χ4n) is 7.76. The lowest BCUT2D eigenvalue weighted by atomic mass is 9.93. The minimum Gasteiger partial charge on any atom is -0.355 e. The van der Waals surface area contributed by atoms with Crippen molar-refractivity contribution in [2.75, 3.05) is 10.2 Å². The number of hydrogen-bond acceptors (Lipinski definition) is 3. The quantitative estimate of drug-likeness (QED) is 0.193. The molecule has 0 radical (unpaired) electrons. The SMILES string of the molecule is C=C1/C=C(c2ccc(Nc3cccc4ccccc34)c(-c3ccc4sc5ccccc5c4c3)c2)\C=C/N(c2cccc3ccccc23)c2ccccc21. The lowest BCUT2D eigenvalue weighted by Crippen LogP contribution is -2.12. The molecule has 0 unspecified atom stereocenters. The van der Waals surface area contributed by atoms with E-state index in [-0.39, 0.29) is 0 Å². The fourth-order valence-corrected chi connectivity index (χ4v) is 8.84. The topological polar surface area (TPSA) is 15.3 Å². The molecule has 0 aliphatic carbocycles. The van der Waals surface area contributed by atoms with E-state index >= 15 is 0 Å². The second-order valence-electron chi connectivity index (χ2n) is 13.5. The van der Waals surface area contributed by atoms with Crippen molar-refractivity contribution in [3.05, 3.63) is 206 Å². The number of thiophene rings is 1. The molecule has 3 heteroatoms. The van der Waals surface area contributed by atoms with Crippen molar-refractivity contribution >= 4 is 86.9 Å². The molecule has 0 saturated carbocycles. The summed E-state index contributed by atoms with van der Waals surface area (Å²) < 4.78 is 2.60. The molecule has 10 rings (SSSR count). The summed E-state index contributed by atoms with van der Waals surface area (Å²) in [7, 11) is 0. The Labute approximate surface area is 312 Å². The van der Waals surface area contributed by atoms with Gasteiger partial charge in [-0.15, -0.1) is 11.3 Å². The first kappa shape index (κ1) is 31.1. The highest BCUT2D eigenvalue weighted by Gasteiger charge is 2.19. The van der Waals surface area contributed by atoms with Gasteiger partial charge in [-0.05, 0) is 93.7 Å². The number of anilines is 4. The van der Waals surface area contributed by atoms with Crippen LogP contribution in [-0.2, 0) is 0 Å². The van der Waals surface area contributed by atoms with Gasteiger partial charge in [-0.3, -0.25) is 0 Å². The first-order chi connectivity index (χ1) is 26.2. The number of allylic oxidation sites excluding steroid dienone is 4. The van der Waals surface area contributed by atoms with Crippen molar-refractivity contribution in [2.45, 2.75) is 0 Å². The van der Waals surface area contributed by atoms with Crippen LogP contribution in [0.1, 0.15) is 11.1 Å². The van der Waals surface area contributed by atoms with Gasteiger partial charge < -0.3 is 10.2 Å². The molecular weight excluding hydrogens is 661 g/mol. The van der Waals surface area contributed by atoms with Gasteiger partial charge in [0.25, 0.3) is 0 Å². The molecule has 1 aliphatic rings. The molecule has 0 spiro atoms. The number of rotatable bonds is 5. The summed E-state index contributed by atoms with van der Waals surface area (Å²) in [6, 6.07) is 61.1. The third-order valence-electron chi connectivity index (χ3n) is 10.4. The Bertz CT molecular complexity index is 2950. The summed E-state index contributed by atoms with van der Waals surface area (Å²) >= 11 is 1.85. The second-order valence-corrected chi connectivity index (χ2v) is 14.6. The van der Waals surface area contributed by atoms with E-state index in [2.05, 4.69) is 205 Å². The zero-order valence-corrected chi connectivity index (χ0v) is 29.8. The highest BCUT2D eigenvalue weighted by Crippen LogP contribution is 2.43. The molecule has 0 atom stereocenters. The normalized spacial score (nSPS) is 14.5. The number of hydrogen-bond donors (Lipinski definition) is 1. The molecule has 250 valence electrons. The zero-order chi connectivity index (χ0) is 35.3. The second kappa shape index (κ2) is 12.8. The van der Waals surface area contributed by atoms with Gasteiger partial charge >= 0.3 is 0 Å². The van der Waals surface area contributed by atoms with Crippen molar-refractivity contribution in [3.63, 3.8) is 0 Å². The molecule has 0 bridgehead atoms. The zero-order valence-electron chi connectivity index (χ0n) is 29.0. The maximum absolute atomic E-state index is 4.62. The Morgan fingerprint density at radius 2 is 1.13 bits per heavy atom. The predicted octanol–water partition coefficient (Wildman–Crippen LogP) is 14.5. The monoisotopic (exact) mass is 694 g/mol. The van der Waals surface area contributed by atoms with Crippen LogP contribution in [0.4, 0.5) is 22.7 Å². The van der Waals surface area contributed by atoms with E-state index in [9.17, 15) is 0 Å². The lowest BCUT2D eigenvalue weighted by Gasteiger charge is -2.27. The van der Waals surface area contributed by atoms with E-state index in [0.717, 1.165) is 50.6 Å². The number of fused-ring (bicyclic) bond motifs is 6. The van der Waals surface area contributed by atoms with Crippen LogP contribution in [0, 0.1) is 0 Å². The average Bonchev–Trinajstić information content (AvgIpc) is 3.58. The van der Waals surface area contributed by atoms with Crippen molar-refractivity contribution < 1.29 is 0 Å². The van der Waals surface area contributed by atoms with Gasteiger partial charge in [-0.1, -0.05) is 128 Å². The fraction of sp³-hybridized carbons (Fsp3) is 0. The number of para-hydroxylation sites is 1. The van der Waals surface area contributed by atoms with Crippen LogP contribution in [0.3, 0.4) is 0 Å². The van der Waals surface area contributed by atoms with Crippen molar-refractivity contribution in [3.8, 4) is 11.1 Å². The molecule has 1 aromatic heterocycles. The van der Waals surface area contributed by atoms with Crippen molar-refractivity contribution in [1.29, 1.82) is 0 Å². The number of nitrogens with zero attached hydrogens (tertiary/aromatic N) is 1. The third-order valence-corrected chi connectivity index (χ3v) is 11.5. The van der Waals surface area contributed by atoms with Gasteiger partial charge in [-0.25, -0.2) is 0 Å². The minimum absolute atomic E-state index is 0.968. The van der Waals surface area contributed by atoms with Crippen LogP contribution in [-0.4, -0.2) is 0 Å². The largest absolute Gasteiger partial charge is 0.355 e. The molecule has 53 heavy (non-hydrogen) atoms. The Morgan fingerprint density at radius 3 is 2.02 bits per heavy atom. The number of nitrogens with one attached hydrogen (secondary N) is 1. The van der Waals surface area contributed by atoms with E-state index in [1.54, 1.807) is 0 Å². The Kier molecular flexibility index (Phi) is 7.52. The van der Waals surface area contributed by atoms with E-state index in [1.165, 1.54) is 47.3 Å². The van der Waals surface area contributed by atoms with Gasteiger partial charge in [0, 0.05) is 59.6 Å². The molecule has 1 N–H and O–H groups in total. The standard InChI is InChI=1S/C50H34N2S/c1-33-30-37(28-29-52(47-21-8-6-16-39(33)47)48-22-11-15-35-13-3-5-18-41(35)48)36-24-26-46(51-45-20-10-14-34-12-2-4-17-40(34)45)43(31-36)38-25-27-50-44(32-38)42-19-7-9-23-49(42)53-50/h2-32,51H,1H2/b29-28-,37-30+. The van der Waals surface area contributed by atoms with E-state index in [1.807, 2.05) is 11.3 Å². The summed E-state index contributed by atoms with van der Waals surface area (Å²) in [6.45, 7) is 4.62. The molecule has 9 aromatic rings. The van der Waals surface area contributed by atoms with Gasteiger partial charge in [0.2, 0.25) is 0 Å². The lowest BCUT2D eigenvalue weighted by molar-refractivity contribution is 1.28. The van der Waals surface area contributed by atoms with Crippen LogP contribution >= 0.6 is 11.3 Å². The van der Waals surface area contributed by atoms with Crippen LogP contribution in [0.15, 0.2) is 195 Å². The summed E-state index contributed by atoms with van der Waals surface area (Å²) in [5.41, 5.74) is 11.0. The smallest absolute Gasteiger partial charge is 0.0534 e. The van der Waals surface area contributed by atoms with E-state index in [0.29, 0.717) is 0 Å².